The van der Waals surface area contributed by atoms with Crippen molar-refractivity contribution in [1.29, 1.82) is 0 Å². The van der Waals surface area contributed by atoms with Gasteiger partial charge in [-0.25, -0.2) is 9.97 Å². The number of benzene rings is 1. The number of aryl methyl sites for hydroxylation is 1. The van der Waals surface area contributed by atoms with Crippen molar-refractivity contribution < 1.29 is 4.79 Å². The maximum atomic E-state index is 12.6. The van der Waals surface area contributed by atoms with Crippen molar-refractivity contribution in [2.45, 2.75) is 26.7 Å². The lowest BCUT2D eigenvalue weighted by atomic mass is 10.1. The molecular weight excluding hydrogens is 364 g/mol. The maximum Gasteiger partial charge on any atom is 0.267 e. The molecule has 1 aromatic carbocycles. The SMILES string of the molecule is Cc1nc(C(C)C)sc1C(=O)Nc1ccc(-c2cn3ccsc3n2)cc1. The fraction of sp³-hybridized carbons (Fsp3) is 0.211. The summed E-state index contributed by atoms with van der Waals surface area (Å²) in [4.78, 5) is 23.3. The number of carbonyl (C=O) groups is 1. The van der Waals surface area contributed by atoms with Crippen LogP contribution in [0.1, 0.15) is 40.1 Å². The van der Waals surface area contributed by atoms with Gasteiger partial charge in [-0.15, -0.1) is 22.7 Å². The normalized spacial score (nSPS) is 11.4. The van der Waals surface area contributed by atoms with Crippen molar-refractivity contribution in [3.63, 3.8) is 0 Å². The molecule has 3 heterocycles. The first kappa shape index (κ1) is 16.9. The summed E-state index contributed by atoms with van der Waals surface area (Å²) in [5.74, 6) is 0.214. The van der Waals surface area contributed by atoms with Gasteiger partial charge in [-0.3, -0.25) is 9.20 Å². The van der Waals surface area contributed by atoms with Gasteiger partial charge in [0.05, 0.1) is 16.4 Å². The van der Waals surface area contributed by atoms with E-state index in [1.165, 1.54) is 11.3 Å². The highest BCUT2D eigenvalue weighted by molar-refractivity contribution is 7.15. The van der Waals surface area contributed by atoms with Crippen molar-refractivity contribution in [2.75, 3.05) is 5.32 Å². The number of anilines is 1. The van der Waals surface area contributed by atoms with E-state index in [0.717, 1.165) is 32.6 Å². The highest BCUT2D eigenvalue weighted by Crippen LogP contribution is 2.26. The van der Waals surface area contributed by atoms with E-state index in [1.807, 2.05) is 53.4 Å². The maximum absolute atomic E-state index is 12.6. The molecule has 0 aliphatic heterocycles. The minimum Gasteiger partial charge on any atom is -0.321 e. The van der Waals surface area contributed by atoms with Crippen molar-refractivity contribution in [1.82, 2.24) is 14.4 Å². The molecule has 0 aliphatic rings. The van der Waals surface area contributed by atoms with Crippen LogP contribution in [-0.2, 0) is 0 Å². The van der Waals surface area contributed by atoms with Gasteiger partial charge in [-0.05, 0) is 19.1 Å². The van der Waals surface area contributed by atoms with Crippen LogP contribution in [-0.4, -0.2) is 20.3 Å². The van der Waals surface area contributed by atoms with Gasteiger partial charge in [0.1, 0.15) is 4.88 Å². The molecule has 7 heteroatoms. The van der Waals surface area contributed by atoms with E-state index in [9.17, 15) is 4.79 Å². The number of amides is 1. The molecule has 0 atom stereocenters. The zero-order chi connectivity index (χ0) is 18.3. The van der Waals surface area contributed by atoms with Crippen LogP contribution in [0.4, 0.5) is 5.69 Å². The molecule has 0 spiro atoms. The van der Waals surface area contributed by atoms with Crippen LogP contribution < -0.4 is 5.32 Å². The average Bonchev–Trinajstić information content (AvgIpc) is 3.29. The van der Waals surface area contributed by atoms with Gasteiger partial charge in [0, 0.05) is 34.9 Å². The predicted octanol–water partition coefficient (Wildman–Crippen LogP) is 5.20. The Morgan fingerprint density at radius 2 is 1.96 bits per heavy atom. The van der Waals surface area contributed by atoms with E-state index in [1.54, 1.807) is 11.3 Å². The number of hydrogen-bond acceptors (Lipinski definition) is 5. The van der Waals surface area contributed by atoms with Crippen LogP contribution in [0.15, 0.2) is 42.0 Å². The molecule has 3 aromatic heterocycles. The van der Waals surface area contributed by atoms with E-state index >= 15 is 0 Å². The Bertz CT molecular complexity index is 1040. The summed E-state index contributed by atoms with van der Waals surface area (Å²) in [5.41, 5.74) is 3.49. The molecule has 0 radical (unpaired) electrons. The van der Waals surface area contributed by atoms with E-state index in [-0.39, 0.29) is 5.91 Å². The van der Waals surface area contributed by atoms with Crippen molar-refractivity contribution in [3.8, 4) is 11.3 Å². The first-order valence-corrected chi connectivity index (χ1v) is 10.0. The second-order valence-corrected chi connectivity index (χ2v) is 8.28. The summed E-state index contributed by atoms with van der Waals surface area (Å²) < 4.78 is 2.01. The molecule has 0 bridgehead atoms. The third-order valence-electron chi connectivity index (χ3n) is 4.05. The standard InChI is InChI=1S/C19H18N4OS2/c1-11(2)18-20-12(3)16(26-18)17(24)21-14-6-4-13(5-7-14)15-10-23-8-9-25-19(23)22-15/h4-11H,1-3H3,(H,21,24). The molecule has 1 N–H and O–H groups in total. The summed E-state index contributed by atoms with van der Waals surface area (Å²) in [5, 5.41) is 5.96. The quantitative estimate of drug-likeness (QED) is 0.527. The summed E-state index contributed by atoms with van der Waals surface area (Å²) >= 11 is 3.07. The van der Waals surface area contributed by atoms with Crippen LogP contribution in [0.3, 0.4) is 0 Å². The molecule has 0 saturated carbocycles. The third kappa shape index (κ3) is 3.15. The second kappa shape index (κ2) is 6.66. The Hall–Kier alpha value is -2.51. The number of hydrogen-bond donors (Lipinski definition) is 1. The van der Waals surface area contributed by atoms with E-state index < -0.39 is 0 Å². The fourth-order valence-corrected chi connectivity index (χ4v) is 4.32. The molecule has 26 heavy (non-hydrogen) atoms. The van der Waals surface area contributed by atoms with Gasteiger partial charge in [0.15, 0.2) is 4.96 Å². The highest BCUT2D eigenvalue weighted by Gasteiger charge is 2.17. The number of fused-ring (bicyclic) bond motifs is 1. The van der Waals surface area contributed by atoms with Gasteiger partial charge >= 0.3 is 0 Å². The number of nitrogens with zero attached hydrogens (tertiary/aromatic N) is 3. The fourth-order valence-electron chi connectivity index (χ4n) is 2.65. The molecule has 1 amide bonds. The van der Waals surface area contributed by atoms with E-state index in [0.29, 0.717) is 10.8 Å². The van der Waals surface area contributed by atoms with Gasteiger partial charge in [0.2, 0.25) is 0 Å². The van der Waals surface area contributed by atoms with Crippen molar-refractivity contribution >= 4 is 39.2 Å². The molecule has 0 unspecified atom stereocenters. The molecule has 0 aliphatic carbocycles. The number of rotatable bonds is 4. The Morgan fingerprint density at radius 1 is 1.19 bits per heavy atom. The lowest BCUT2D eigenvalue weighted by Crippen LogP contribution is -2.11. The minimum atomic E-state index is -0.109. The molecule has 132 valence electrons. The summed E-state index contributed by atoms with van der Waals surface area (Å²) in [7, 11) is 0. The lowest BCUT2D eigenvalue weighted by molar-refractivity contribution is 0.103. The van der Waals surface area contributed by atoms with Crippen LogP contribution in [0.5, 0.6) is 0 Å². The molecule has 0 fully saturated rings. The number of thiazole rings is 2. The van der Waals surface area contributed by atoms with E-state index in [4.69, 9.17) is 0 Å². The summed E-state index contributed by atoms with van der Waals surface area (Å²) in [6.07, 6.45) is 4.00. The number of nitrogens with one attached hydrogen (secondary N) is 1. The van der Waals surface area contributed by atoms with Gasteiger partial charge in [-0.1, -0.05) is 26.0 Å². The Kier molecular flexibility index (Phi) is 4.34. The smallest absolute Gasteiger partial charge is 0.267 e. The largest absolute Gasteiger partial charge is 0.321 e. The van der Waals surface area contributed by atoms with Crippen molar-refractivity contribution in [2.24, 2.45) is 0 Å². The first-order chi connectivity index (χ1) is 12.5. The van der Waals surface area contributed by atoms with Crippen LogP contribution >= 0.6 is 22.7 Å². The number of imidazole rings is 1. The van der Waals surface area contributed by atoms with Gasteiger partial charge in [0.25, 0.3) is 5.91 Å². The zero-order valence-electron chi connectivity index (χ0n) is 14.7. The summed E-state index contributed by atoms with van der Waals surface area (Å²) in [6, 6.07) is 7.75. The average molecular weight is 383 g/mol. The Labute approximate surface area is 159 Å². The van der Waals surface area contributed by atoms with Gasteiger partial charge < -0.3 is 5.32 Å². The number of carbonyl (C=O) groups excluding carboxylic acids is 1. The Balaban J connectivity index is 1.52. The van der Waals surface area contributed by atoms with Crippen LogP contribution in [0.2, 0.25) is 0 Å². The summed E-state index contributed by atoms with van der Waals surface area (Å²) in [6.45, 7) is 6.04. The van der Waals surface area contributed by atoms with Gasteiger partial charge in [-0.2, -0.15) is 0 Å². The topological polar surface area (TPSA) is 59.3 Å². The molecular formula is C19H18N4OS2. The highest BCUT2D eigenvalue weighted by atomic mass is 32.1. The second-order valence-electron chi connectivity index (χ2n) is 6.37. The minimum absolute atomic E-state index is 0.109. The van der Waals surface area contributed by atoms with Crippen LogP contribution in [0, 0.1) is 6.92 Å². The predicted molar refractivity (Wildman–Crippen MR) is 107 cm³/mol. The lowest BCUT2D eigenvalue weighted by Gasteiger charge is -2.05. The molecule has 5 nitrogen and oxygen atoms in total. The molecule has 0 saturated heterocycles. The van der Waals surface area contributed by atoms with Crippen LogP contribution in [0.25, 0.3) is 16.2 Å². The molecule has 4 aromatic rings. The third-order valence-corrected chi connectivity index (χ3v) is 6.27. The molecule has 4 rings (SSSR count). The van der Waals surface area contributed by atoms with Crippen molar-refractivity contribution in [3.05, 3.63) is 57.6 Å². The monoisotopic (exact) mass is 382 g/mol. The van der Waals surface area contributed by atoms with E-state index in [2.05, 4.69) is 29.1 Å². The zero-order valence-corrected chi connectivity index (χ0v) is 16.3. The number of aromatic nitrogens is 3. The Morgan fingerprint density at radius 3 is 2.62 bits per heavy atom. The first-order valence-electron chi connectivity index (χ1n) is 8.32.